The molecule has 1 saturated heterocycles. The first-order valence-electron chi connectivity index (χ1n) is 9.64. The van der Waals surface area contributed by atoms with E-state index in [4.69, 9.17) is 11.6 Å². The van der Waals surface area contributed by atoms with Gasteiger partial charge in [-0.1, -0.05) is 17.7 Å². The van der Waals surface area contributed by atoms with Crippen LogP contribution in [-0.2, 0) is 17.5 Å². The Hall–Kier alpha value is -2.12. The number of nitrogens with zero attached hydrogens (tertiary/aromatic N) is 1. The lowest BCUT2D eigenvalue weighted by Crippen LogP contribution is -2.44. The maximum absolute atomic E-state index is 13.5. The van der Waals surface area contributed by atoms with Gasteiger partial charge in [0.25, 0.3) is 0 Å². The smallest absolute Gasteiger partial charge is 0.341 e. The largest absolute Gasteiger partial charge is 0.416 e. The average molecular weight is 443 g/mol. The molecule has 1 aliphatic heterocycles. The molecule has 2 aromatic rings. The second-order valence-electron chi connectivity index (χ2n) is 7.75. The lowest BCUT2D eigenvalue weighted by atomic mass is 9.79. The summed E-state index contributed by atoms with van der Waals surface area (Å²) in [7, 11) is 1.58. The van der Waals surface area contributed by atoms with Crippen molar-refractivity contribution in [3.05, 3.63) is 69.5 Å². The zero-order valence-electron chi connectivity index (χ0n) is 16.7. The van der Waals surface area contributed by atoms with Gasteiger partial charge in [0.05, 0.1) is 5.56 Å². The highest BCUT2D eigenvalue weighted by atomic mass is 35.5. The number of hydrogen-bond donors (Lipinski definition) is 1. The molecule has 2 atom stereocenters. The standard InChI is InChI=1S/C22H23ClF4N2O/c1-13-7-17(24)3-4-18(13)20-11-28-6-5-19(20)21(30)29(2)12-14-8-15(22(25,26)27)10-16(23)9-14/h3-4,7-10,19-20,28H,5-6,11-12H2,1-2H3/t19-,20+/m1/s1. The monoisotopic (exact) mass is 442 g/mol. The summed E-state index contributed by atoms with van der Waals surface area (Å²) in [5.74, 6) is -0.971. The maximum atomic E-state index is 13.5. The molecule has 1 amide bonds. The van der Waals surface area contributed by atoms with E-state index in [9.17, 15) is 22.4 Å². The molecule has 3 nitrogen and oxygen atoms in total. The molecule has 1 aliphatic rings. The van der Waals surface area contributed by atoms with Gasteiger partial charge < -0.3 is 10.2 Å². The molecule has 1 heterocycles. The fourth-order valence-electron chi connectivity index (χ4n) is 4.08. The van der Waals surface area contributed by atoms with Gasteiger partial charge in [0.1, 0.15) is 5.82 Å². The minimum Gasteiger partial charge on any atom is -0.341 e. The second-order valence-corrected chi connectivity index (χ2v) is 8.18. The number of benzene rings is 2. The van der Waals surface area contributed by atoms with E-state index in [0.717, 1.165) is 23.3 Å². The van der Waals surface area contributed by atoms with E-state index in [1.165, 1.54) is 23.1 Å². The first-order chi connectivity index (χ1) is 14.1. The number of amides is 1. The fraction of sp³-hybridized carbons (Fsp3) is 0.409. The summed E-state index contributed by atoms with van der Waals surface area (Å²) in [4.78, 5) is 14.6. The minimum atomic E-state index is -4.51. The van der Waals surface area contributed by atoms with Gasteiger partial charge in [-0.25, -0.2) is 4.39 Å². The average Bonchev–Trinajstić information content (AvgIpc) is 2.66. The Balaban J connectivity index is 1.81. The second kappa shape index (κ2) is 8.94. The SMILES string of the molecule is Cc1cc(F)ccc1[C@@H]1CNCC[C@H]1C(=O)N(C)Cc1cc(Cl)cc(C(F)(F)F)c1. The van der Waals surface area contributed by atoms with Gasteiger partial charge in [-0.05, 0) is 66.9 Å². The Morgan fingerprint density at radius 1 is 1.23 bits per heavy atom. The number of piperidine rings is 1. The molecule has 30 heavy (non-hydrogen) atoms. The Kier molecular flexibility index (Phi) is 6.72. The third-order valence-electron chi connectivity index (χ3n) is 5.51. The molecular formula is C22H23ClF4N2O. The maximum Gasteiger partial charge on any atom is 0.416 e. The molecule has 0 bridgehead atoms. The number of halogens is 5. The van der Waals surface area contributed by atoms with Crippen molar-refractivity contribution in [2.75, 3.05) is 20.1 Å². The van der Waals surface area contributed by atoms with Crippen LogP contribution in [0.15, 0.2) is 36.4 Å². The van der Waals surface area contributed by atoms with Crippen LogP contribution in [0.1, 0.15) is 34.6 Å². The van der Waals surface area contributed by atoms with E-state index in [1.54, 1.807) is 13.1 Å². The van der Waals surface area contributed by atoms with Crippen LogP contribution in [-0.4, -0.2) is 30.9 Å². The van der Waals surface area contributed by atoms with Gasteiger partial charge in [0, 0.05) is 37.0 Å². The fourth-order valence-corrected chi connectivity index (χ4v) is 4.33. The van der Waals surface area contributed by atoms with Gasteiger partial charge >= 0.3 is 6.18 Å². The summed E-state index contributed by atoms with van der Waals surface area (Å²) >= 11 is 5.86. The third-order valence-corrected chi connectivity index (χ3v) is 5.73. The molecule has 0 spiro atoms. The molecule has 1 N–H and O–H groups in total. The van der Waals surface area contributed by atoms with Crippen molar-refractivity contribution in [2.24, 2.45) is 5.92 Å². The van der Waals surface area contributed by atoms with Crippen LogP contribution in [0.2, 0.25) is 5.02 Å². The van der Waals surface area contributed by atoms with Crippen molar-refractivity contribution in [1.29, 1.82) is 0 Å². The van der Waals surface area contributed by atoms with Crippen molar-refractivity contribution in [1.82, 2.24) is 10.2 Å². The normalized spacial score (nSPS) is 19.6. The van der Waals surface area contributed by atoms with Crippen molar-refractivity contribution in [3.8, 4) is 0 Å². The van der Waals surface area contributed by atoms with Gasteiger partial charge in [0.15, 0.2) is 0 Å². The van der Waals surface area contributed by atoms with Crippen molar-refractivity contribution >= 4 is 17.5 Å². The van der Waals surface area contributed by atoms with E-state index in [0.29, 0.717) is 25.1 Å². The highest BCUT2D eigenvalue weighted by Crippen LogP contribution is 2.34. The zero-order valence-corrected chi connectivity index (χ0v) is 17.4. The van der Waals surface area contributed by atoms with Gasteiger partial charge in [-0.15, -0.1) is 0 Å². The van der Waals surface area contributed by atoms with Gasteiger partial charge in [-0.3, -0.25) is 4.79 Å². The van der Waals surface area contributed by atoms with Crippen molar-refractivity contribution in [3.63, 3.8) is 0 Å². The Bertz CT molecular complexity index is 932. The van der Waals surface area contributed by atoms with Gasteiger partial charge in [0.2, 0.25) is 5.91 Å². The lowest BCUT2D eigenvalue weighted by Gasteiger charge is -2.35. The van der Waals surface area contributed by atoms with Crippen molar-refractivity contribution in [2.45, 2.75) is 32.0 Å². The molecule has 2 aromatic carbocycles. The summed E-state index contributed by atoms with van der Waals surface area (Å²) in [5, 5.41) is 3.25. The van der Waals surface area contributed by atoms with Gasteiger partial charge in [-0.2, -0.15) is 13.2 Å². The highest BCUT2D eigenvalue weighted by Gasteiger charge is 2.35. The zero-order chi connectivity index (χ0) is 22.1. The lowest BCUT2D eigenvalue weighted by molar-refractivity contribution is -0.137. The van der Waals surface area contributed by atoms with Crippen LogP contribution in [0.3, 0.4) is 0 Å². The summed E-state index contributed by atoms with van der Waals surface area (Å²) in [5.41, 5.74) is 1.15. The number of aryl methyl sites for hydroxylation is 1. The summed E-state index contributed by atoms with van der Waals surface area (Å²) < 4.78 is 52.7. The number of nitrogens with one attached hydrogen (secondary N) is 1. The topological polar surface area (TPSA) is 32.3 Å². The third kappa shape index (κ3) is 5.13. The summed E-state index contributed by atoms with van der Waals surface area (Å²) in [6, 6.07) is 7.85. The van der Waals surface area contributed by atoms with E-state index in [2.05, 4.69) is 5.32 Å². The molecule has 0 aliphatic carbocycles. The molecule has 0 saturated carbocycles. The summed E-state index contributed by atoms with van der Waals surface area (Å²) in [6.07, 6.45) is -3.92. The number of carbonyl (C=O) groups excluding carboxylic acids is 1. The van der Waals surface area contributed by atoms with Crippen LogP contribution in [0.25, 0.3) is 0 Å². The molecule has 3 rings (SSSR count). The molecule has 0 aromatic heterocycles. The predicted octanol–water partition coefficient (Wildman–Crippen LogP) is 5.16. The van der Waals surface area contributed by atoms with Crippen LogP contribution < -0.4 is 5.32 Å². The van der Waals surface area contributed by atoms with E-state index < -0.39 is 11.7 Å². The quantitative estimate of drug-likeness (QED) is 0.663. The number of alkyl halides is 3. The first-order valence-corrected chi connectivity index (χ1v) is 10.0. The van der Waals surface area contributed by atoms with Crippen molar-refractivity contribution < 1.29 is 22.4 Å². The van der Waals surface area contributed by atoms with Crippen LogP contribution in [0.5, 0.6) is 0 Å². The van der Waals surface area contributed by atoms with Crippen LogP contribution >= 0.6 is 11.6 Å². The first kappa shape index (κ1) is 22.6. The molecule has 8 heteroatoms. The summed E-state index contributed by atoms with van der Waals surface area (Å²) in [6.45, 7) is 3.06. The minimum absolute atomic E-state index is 0.0154. The Labute approximate surface area is 178 Å². The number of hydrogen-bond acceptors (Lipinski definition) is 2. The molecule has 162 valence electrons. The van der Waals surface area contributed by atoms with E-state index >= 15 is 0 Å². The Morgan fingerprint density at radius 3 is 2.63 bits per heavy atom. The molecule has 1 fully saturated rings. The molecule has 0 unspecified atom stereocenters. The van der Waals surface area contributed by atoms with E-state index in [1.807, 2.05) is 6.92 Å². The van der Waals surface area contributed by atoms with Crippen LogP contribution in [0, 0.1) is 18.7 Å². The number of rotatable bonds is 4. The van der Waals surface area contributed by atoms with E-state index in [-0.39, 0.29) is 35.1 Å². The Morgan fingerprint density at radius 2 is 1.97 bits per heavy atom. The van der Waals surface area contributed by atoms with Crippen LogP contribution in [0.4, 0.5) is 17.6 Å². The predicted molar refractivity (Wildman–Crippen MR) is 108 cm³/mol. The number of carbonyl (C=O) groups is 1. The molecular weight excluding hydrogens is 420 g/mol. The highest BCUT2D eigenvalue weighted by molar-refractivity contribution is 6.30. The molecule has 0 radical (unpaired) electrons.